The average molecular weight is 730 g/mol. The molecule has 3 saturated heterocycles. The number of imidazole rings is 2. The molecule has 0 radical (unpaired) electrons. The van der Waals surface area contributed by atoms with Gasteiger partial charge in [0, 0.05) is 12.4 Å². The molecule has 8 rings (SSSR count). The van der Waals surface area contributed by atoms with Crippen LogP contribution in [0.15, 0.2) is 43.2 Å². The first-order valence-electron chi connectivity index (χ1n) is 14.1. The van der Waals surface area contributed by atoms with E-state index in [9.17, 15) is 19.1 Å². The lowest BCUT2D eigenvalue weighted by molar-refractivity contribution is -0.0667. The summed E-state index contributed by atoms with van der Waals surface area (Å²) in [6.45, 7) is -6.02. The van der Waals surface area contributed by atoms with Crippen LogP contribution in [0, 0.1) is 0 Å². The molecule has 3 aliphatic rings. The summed E-state index contributed by atoms with van der Waals surface area (Å²) in [5, 5.41) is 7.92. The van der Waals surface area contributed by atoms with Crippen molar-refractivity contribution >= 4 is 60.1 Å². The van der Waals surface area contributed by atoms with Gasteiger partial charge in [-0.15, -0.1) is 5.10 Å². The summed E-state index contributed by atoms with van der Waals surface area (Å²) in [5.41, 5.74) is 6.66. The number of phosphoric acid groups is 1. The number of ether oxygens (including phenoxy) is 2. The Balaban J connectivity index is 1.11. The van der Waals surface area contributed by atoms with Gasteiger partial charge < -0.3 is 29.5 Å². The van der Waals surface area contributed by atoms with Gasteiger partial charge in [0.25, 0.3) is 5.91 Å². The second-order valence-corrected chi connectivity index (χ2v) is 15.2. The van der Waals surface area contributed by atoms with E-state index in [4.69, 9.17) is 45.1 Å². The topological polar surface area (TPSA) is 235 Å². The van der Waals surface area contributed by atoms with Gasteiger partial charge in [0.2, 0.25) is 0 Å². The van der Waals surface area contributed by atoms with Crippen molar-refractivity contribution in [2.24, 2.45) is 5.73 Å². The molecule has 4 N–H and O–H groups in total. The van der Waals surface area contributed by atoms with Gasteiger partial charge in [0.1, 0.15) is 36.3 Å². The number of halogens is 2. The molecule has 10 atom stereocenters. The van der Waals surface area contributed by atoms with E-state index in [0.29, 0.717) is 11.2 Å². The number of rotatable bonds is 3. The molecule has 0 saturated carbocycles. The number of carbonyl (C=O) groups excluding carboxylic acids is 1. The number of hydrogen-bond acceptors (Lipinski definition) is 14. The molecule has 2 unspecified atom stereocenters. The average Bonchev–Trinajstić information content (AvgIpc) is 3.86. The zero-order chi connectivity index (χ0) is 33.5. The minimum absolute atomic E-state index is 0.0203. The maximum absolute atomic E-state index is 16.1. The second-order valence-electron chi connectivity index (χ2n) is 11.0. The highest BCUT2D eigenvalue weighted by atomic mass is 32.5. The maximum Gasteiger partial charge on any atom is 0.472 e. The van der Waals surface area contributed by atoms with Crippen LogP contribution in [0.25, 0.3) is 27.8 Å². The van der Waals surface area contributed by atoms with Crippen molar-refractivity contribution < 1.29 is 55.5 Å². The molecule has 2 bridgehead atoms. The molecule has 254 valence electrons. The Morgan fingerprint density at radius 2 is 1.75 bits per heavy atom. The van der Waals surface area contributed by atoms with Gasteiger partial charge in [0.15, 0.2) is 41.6 Å². The van der Waals surface area contributed by atoms with E-state index in [1.54, 1.807) is 10.6 Å². The Morgan fingerprint density at radius 3 is 2.56 bits per heavy atom. The summed E-state index contributed by atoms with van der Waals surface area (Å²) in [7, 11) is -5.15. The number of nitrogens with two attached hydrogens (primary N) is 1. The highest BCUT2D eigenvalue weighted by Crippen LogP contribution is 2.54. The number of benzene rings is 1. The third-order valence-electron chi connectivity index (χ3n) is 8.08. The summed E-state index contributed by atoms with van der Waals surface area (Å²) >= 11 is 5.18. The smallest absolute Gasteiger partial charge is 0.366 e. The Morgan fingerprint density at radius 1 is 0.958 bits per heavy atom. The number of aromatic nitrogens is 8. The predicted octanol–water partition coefficient (Wildman–Crippen LogP) is 1.23. The molecule has 3 fully saturated rings. The molecule has 5 aromatic rings. The van der Waals surface area contributed by atoms with Crippen molar-refractivity contribution in [1.29, 1.82) is 0 Å². The van der Waals surface area contributed by atoms with E-state index >= 15 is 8.78 Å². The summed E-state index contributed by atoms with van der Waals surface area (Å²) in [6.07, 6.45) is -8.07. The van der Waals surface area contributed by atoms with Crippen LogP contribution in [0.5, 0.6) is 0 Å². The van der Waals surface area contributed by atoms with Crippen LogP contribution in [0.1, 0.15) is 22.8 Å². The van der Waals surface area contributed by atoms with E-state index in [1.165, 1.54) is 41.6 Å². The Labute approximate surface area is 271 Å². The first kappa shape index (κ1) is 31.8. The maximum atomic E-state index is 16.1. The summed E-state index contributed by atoms with van der Waals surface area (Å²) in [5.74, 6) is -0.798. The minimum atomic E-state index is -5.15. The fourth-order valence-electron chi connectivity index (χ4n) is 5.90. The molecule has 4 aromatic heterocycles. The van der Waals surface area contributed by atoms with Crippen molar-refractivity contribution in [2.45, 2.75) is 49.2 Å². The normalized spacial score (nSPS) is 36.2. The number of amides is 1. The molecule has 0 spiro atoms. The molecule has 0 aliphatic carbocycles. The first-order valence-corrected chi connectivity index (χ1v) is 18.2. The largest absolute Gasteiger partial charge is 0.472 e. The Kier molecular flexibility index (Phi) is 7.69. The van der Waals surface area contributed by atoms with Crippen LogP contribution in [-0.4, -0.2) is 105 Å². The Hall–Kier alpha value is -3.40. The number of alkyl halides is 2. The summed E-state index contributed by atoms with van der Waals surface area (Å²) in [4.78, 5) is 46.4. The van der Waals surface area contributed by atoms with Gasteiger partial charge in [0.05, 0.1) is 30.6 Å². The summed E-state index contributed by atoms with van der Waals surface area (Å²) < 4.78 is 82.1. The van der Waals surface area contributed by atoms with Crippen LogP contribution in [0.3, 0.4) is 0 Å². The quantitative estimate of drug-likeness (QED) is 0.222. The van der Waals surface area contributed by atoms with Gasteiger partial charge in [-0.2, -0.15) is 0 Å². The molecule has 19 nitrogen and oxygen atoms in total. The van der Waals surface area contributed by atoms with E-state index in [1.807, 2.05) is 0 Å². The lowest BCUT2D eigenvalue weighted by Crippen LogP contribution is -2.34. The number of hydrogen-bond donors (Lipinski definition) is 3. The molecule has 24 heteroatoms. The monoisotopic (exact) mass is 729 g/mol. The van der Waals surface area contributed by atoms with Crippen molar-refractivity contribution in [3.8, 4) is 0 Å². The zero-order valence-corrected chi connectivity index (χ0v) is 26.6. The molecule has 3 aliphatic heterocycles. The van der Waals surface area contributed by atoms with E-state index in [-0.39, 0.29) is 22.2 Å². The summed E-state index contributed by atoms with van der Waals surface area (Å²) in [6, 6.07) is 4.39. The number of carbonyl (C=O) groups is 1. The lowest BCUT2D eigenvalue weighted by atomic mass is 10.1. The van der Waals surface area contributed by atoms with Gasteiger partial charge >= 0.3 is 14.5 Å². The van der Waals surface area contributed by atoms with Crippen LogP contribution < -0.4 is 5.73 Å². The number of phosphoric ester groups is 1. The molecule has 48 heavy (non-hydrogen) atoms. The van der Waals surface area contributed by atoms with Crippen molar-refractivity contribution in [3.63, 3.8) is 0 Å². The van der Waals surface area contributed by atoms with Crippen molar-refractivity contribution in [2.75, 3.05) is 13.2 Å². The fourth-order valence-corrected chi connectivity index (χ4v) is 8.26. The third kappa shape index (κ3) is 5.33. The molecular formula is C24H23F2N9O10P2S. The van der Waals surface area contributed by atoms with Gasteiger partial charge in [-0.1, -0.05) is 11.3 Å². The van der Waals surface area contributed by atoms with E-state index < -0.39 is 82.9 Å². The van der Waals surface area contributed by atoms with Gasteiger partial charge in [-0.05, 0) is 23.9 Å². The van der Waals surface area contributed by atoms with E-state index in [0.717, 1.165) is 4.68 Å². The van der Waals surface area contributed by atoms with Crippen LogP contribution in [-0.2, 0) is 43.9 Å². The van der Waals surface area contributed by atoms with Gasteiger partial charge in [-0.25, -0.2) is 33.0 Å². The minimum Gasteiger partial charge on any atom is -0.366 e. The second kappa shape index (κ2) is 11.6. The van der Waals surface area contributed by atoms with Crippen LogP contribution in [0.2, 0.25) is 0 Å². The molecule has 1 amide bonds. The number of primary amides is 1. The zero-order valence-electron chi connectivity index (χ0n) is 23.9. The van der Waals surface area contributed by atoms with Crippen molar-refractivity contribution in [3.05, 3.63) is 48.8 Å². The molecule has 7 heterocycles. The van der Waals surface area contributed by atoms with Crippen LogP contribution in [0.4, 0.5) is 8.78 Å². The Bertz CT molecular complexity index is 2170. The highest BCUT2D eigenvalue weighted by molar-refractivity contribution is 8.07. The van der Waals surface area contributed by atoms with Crippen LogP contribution >= 0.6 is 14.5 Å². The highest BCUT2D eigenvalue weighted by Gasteiger charge is 2.54. The van der Waals surface area contributed by atoms with Gasteiger partial charge in [-0.3, -0.25) is 27.3 Å². The molecular weight excluding hydrogens is 706 g/mol. The third-order valence-corrected chi connectivity index (χ3v) is 10.6. The SMILES string of the molecule is NC(=O)c1cccc2c1nnn2[C@@H]1O[C@@H]2COP(=O)(O)O[C@H]3[C@@H](F)[C@H](n4cnc5c4ncn4ccnc54)O[C@@H]3COP(O)(=S)O[C@@H]1[C@@H]2F. The lowest BCUT2D eigenvalue weighted by Gasteiger charge is -2.26. The van der Waals surface area contributed by atoms with E-state index in [2.05, 4.69) is 25.3 Å². The molecule has 1 aromatic carbocycles. The predicted molar refractivity (Wildman–Crippen MR) is 158 cm³/mol. The number of fused-ring (bicyclic) bond motifs is 7. The standard InChI is InChI=1S/C24H23F2N9O10P2S/c25-14-12-6-40-46(37,38)44-18-13(43-23(15(18)26)34-9-29-17-21-28-4-5-33(21)8-30-22(17)34)7-41-47(39,48)45-19(14)24(42-12)35-11-3-1-2-10(20(27)36)16(11)31-32-35/h1-5,8-9,12-15,18-19,23-24H,6-7H2,(H2,27,36)(H,37,38)(H,39,48)/t12-,13-,14-,15-,18-,19-,23-,24-,47?/m1/s1. The fraction of sp³-hybridized carbons (Fsp3) is 0.417. The van der Waals surface area contributed by atoms with Crippen molar-refractivity contribution in [1.82, 2.24) is 38.9 Å². The first-order chi connectivity index (χ1) is 22.9. The number of nitrogens with zero attached hydrogens (tertiary/aromatic N) is 8.